The van der Waals surface area contributed by atoms with Crippen LogP contribution >= 0.6 is 0 Å². The number of rotatable bonds is 8. The third kappa shape index (κ3) is 3.30. The summed E-state index contributed by atoms with van der Waals surface area (Å²) in [6.45, 7) is 5.69. The van der Waals surface area contributed by atoms with Crippen LogP contribution in [-0.2, 0) is 6.54 Å². The Morgan fingerprint density at radius 1 is 1.67 bits per heavy atom. The Hall–Kier alpha value is -1.40. The maximum absolute atomic E-state index is 10.9. The van der Waals surface area contributed by atoms with E-state index in [9.17, 15) is 4.79 Å². The third-order valence-corrected chi connectivity index (χ3v) is 3.29. The fraction of sp³-hybridized carbons (Fsp3) is 0.667. The van der Waals surface area contributed by atoms with E-state index < -0.39 is 5.97 Å². The molecule has 0 saturated heterocycles. The van der Waals surface area contributed by atoms with E-state index >= 15 is 0 Å². The highest BCUT2D eigenvalue weighted by molar-refractivity contribution is 5.86. The minimum Gasteiger partial charge on any atom is -0.477 e. The second-order valence-corrected chi connectivity index (χ2v) is 4.61. The van der Waals surface area contributed by atoms with E-state index in [0.29, 0.717) is 12.1 Å². The Kier molecular flexibility index (Phi) is 4.33. The van der Waals surface area contributed by atoms with E-state index in [1.165, 1.54) is 12.8 Å². The summed E-state index contributed by atoms with van der Waals surface area (Å²) >= 11 is 0. The second-order valence-electron chi connectivity index (χ2n) is 4.61. The number of aromatic nitrogens is 2. The Balaban J connectivity index is 1.71. The van der Waals surface area contributed by atoms with Crippen LogP contribution in [0.25, 0.3) is 0 Å². The van der Waals surface area contributed by atoms with Crippen molar-refractivity contribution in [2.75, 3.05) is 19.6 Å². The van der Waals surface area contributed by atoms with Crippen LogP contribution in [0.4, 0.5) is 0 Å². The zero-order valence-corrected chi connectivity index (χ0v) is 10.6. The van der Waals surface area contributed by atoms with Crippen molar-refractivity contribution in [2.45, 2.75) is 32.4 Å². The number of carbonyl (C=O) groups is 1. The molecule has 1 aliphatic rings. The van der Waals surface area contributed by atoms with Crippen LogP contribution in [0.5, 0.6) is 0 Å². The molecule has 0 aliphatic heterocycles. The molecule has 100 valence electrons. The van der Waals surface area contributed by atoms with Gasteiger partial charge < -0.3 is 10.4 Å². The number of nitrogens with one attached hydrogen (secondary N) is 2. The standard InChI is InChI=1S/C12H20N4O2/c1-2-16(10-3-4-10)6-5-13-7-9-8-14-15-11(9)12(17)18/h8,10,13H,2-7H2,1H3,(H,14,15)(H,17,18). The van der Waals surface area contributed by atoms with Crippen LogP contribution in [0.3, 0.4) is 0 Å². The number of hydrogen-bond acceptors (Lipinski definition) is 4. The molecule has 1 saturated carbocycles. The zero-order valence-electron chi connectivity index (χ0n) is 10.6. The van der Waals surface area contributed by atoms with E-state index in [1.807, 2.05) is 0 Å². The van der Waals surface area contributed by atoms with Crippen molar-refractivity contribution in [3.63, 3.8) is 0 Å². The van der Waals surface area contributed by atoms with Gasteiger partial charge in [0.05, 0.1) is 6.20 Å². The topological polar surface area (TPSA) is 81.2 Å². The molecular weight excluding hydrogens is 232 g/mol. The molecule has 0 atom stereocenters. The van der Waals surface area contributed by atoms with Crippen molar-refractivity contribution in [2.24, 2.45) is 0 Å². The molecule has 0 aromatic carbocycles. The first-order chi connectivity index (χ1) is 8.72. The van der Waals surface area contributed by atoms with Gasteiger partial charge in [-0.1, -0.05) is 6.92 Å². The number of carboxylic acid groups (broad SMARTS) is 1. The van der Waals surface area contributed by atoms with Gasteiger partial charge in [0.25, 0.3) is 0 Å². The van der Waals surface area contributed by atoms with Gasteiger partial charge in [0.2, 0.25) is 0 Å². The maximum Gasteiger partial charge on any atom is 0.354 e. The largest absolute Gasteiger partial charge is 0.477 e. The van der Waals surface area contributed by atoms with E-state index in [1.54, 1.807) is 6.20 Å². The minimum atomic E-state index is -0.961. The lowest BCUT2D eigenvalue weighted by Crippen LogP contribution is -2.33. The molecule has 1 aliphatic carbocycles. The van der Waals surface area contributed by atoms with Gasteiger partial charge >= 0.3 is 5.97 Å². The molecule has 1 aromatic heterocycles. The summed E-state index contributed by atoms with van der Waals surface area (Å²) in [7, 11) is 0. The van der Waals surface area contributed by atoms with Gasteiger partial charge in [-0.15, -0.1) is 0 Å². The molecule has 0 radical (unpaired) electrons. The van der Waals surface area contributed by atoms with Crippen LogP contribution in [0.15, 0.2) is 6.20 Å². The lowest BCUT2D eigenvalue weighted by atomic mass is 10.2. The van der Waals surface area contributed by atoms with E-state index in [2.05, 4.69) is 27.3 Å². The van der Waals surface area contributed by atoms with Crippen molar-refractivity contribution < 1.29 is 9.90 Å². The summed E-state index contributed by atoms with van der Waals surface area (Å²) in [5.74, 6) is -0.961. The number of hydrogen-bond donors (Lipinski definition) is 3. The molecular formula is C12H20N4O2. The minimum absolute atomic E-state index is 0.178. The summed E-state index contributed by atoms with van der Waals surface area (Å²) in [4.78, 5) is 13.3. The monoisotopic (exact) mass is 252 g/mol. The summed E-state index contributed by atoms with van der Waals surface area (Å²) in [6.07, 6.45) is 4.20. The molecule has 1 heterocycles. The number of aromatic carboxylic acids is 1. The molecule has 6 heteroatoms. The van der Waals surface area contributed by atoms with Crippen LogP contribution in [0.1, 0.15) is 35.8 Å². The molecule has 0 spiro atoms. The zero-order chi connectivity index (χ0) is 13.0. The van der Waals surface area contributed by atoms with Gasteiger partial charge in [-0.05, 0) is 19.4 Å². The van der Waals surface area contributed by atoms with E-state index in [0.717, 1.165) is 25.7 Å². The molecule has 2 rings (SSSR count). The number of aromatic amines is 1. The van der Waals surface area contributed by atoms with Crippen LogP contribution in [0.2, 0.25) is 0 Å². The van der Waals surface area contributed by atoms with Crippen LogP contribution < -0.4 is 5.32 Å². The number of likely N-dealkylation sites (N-methyl/N-ethyl adjacent to an activating group) is 1. The predicted octanol–water partition coefficient (Wildman–Crippen LogP) is 0.682. The Bertz CT molecular complexity index is 401. The normalized spacial score (nSPS) is 15.2. The van der Waals surface area contributed by atoms with Crippen LogP contribution in [-0.4, -0.2) is 51.8 Å². The molecule has 1 aromatic rings. The fourth-order valence-electron chi connectivity index (χ4n) is 2.11. The summed E-state index contributed by atoms with van der Waals surface area (Å²) in [5, 5.41) is 18.4. The molecule has 3 N–H and O–H groups in total. The van der Waals surface area contributed by atoms with Gasteiger partial charge in [0.1, 0.15) is 5.69 Å². The number of nitrogens with zero attached hydrogens (tertiary/aromatic N) is 2. The summed E-state index contributed by atoms with van der Waals surface area (Å²) in [6, 6.07) is 0.778. The fourth-order valence-corrected chi connectivity index (χ4v) is 2.11. The molecule has 6 nitrogen and oxygen atoms in total. The van der Waals surface area contributed by atoms with Crippen LogP contribution in [0, 0.1) is 0 Å². The SMILES string of the molecule is CCN(CCNCc1cn[nH]c1C(=O)O)C1CC1. The van der Waals surface area contributed by atoms with E-state index in [4.69, 9.17) is 5.11 Å². The molecule has 0 amide bonds. The van der Waals surface area contributed by atoms with E-state index in [-0.39, 0.29) is 5.69 Å². The van der Waals surface area contributed by atoms with Gasteiger partial charge in [-0.2, -0.15) is 5.10 Å². The van der Waals surface area contributed by atoms with Gasteiger partial charge in [-0.3, -0.25) is 10.00 Å². The van der Waals surface area contributed by atoms with Gasteiger partial charge in [-0.25, -0.2) is 4.79 Å². The Morgan fingerprint density at radius 2 is 2.44 bits per heavy atom. The third-order valence-electron chi connectivity index (χ3n) is 3.29. The number of H-pyrrole nitrogens is 1. The summed E-state index contributed by atoms with van der Waals surface area (Å²) in [5.41, 5.74) is 0.883. The van der Waals surface area contributed by atoms with Crippen molar-refractivity contribution in [1.82, 2.24) is 20.4 Å². The first-order valence-electron chi connectivity index (χ1n) is 6.42. The molecule has 18 heavy (non-hydrogen) atoms. The first kappa shape index (κ1) is 13.0. The lowest BCUT2D eigenvalue weighted by molar-refractivity contribution is 0.0689. The molecule has 0 bridgehead atoms. The highest BCUT2D eigenvalue weighted by Crippen LogP contribution is 2.25. The lowest BCUT2D eigenvalue weighted by Gasteiger charge is -2.19. The van der Waals surface area contributed by atoms with Crippen molar-refractivity contribution >= 4 is 5.97 Å². The van der Waals surface area contributed by atoms with Gasteiger partial charge in [0, 0.05) is 31.2 Å². The average molecular weight is 252 g/mol. The molecule has 1 fully saturated rings. The summed E-state index contributed by atoms with van der Waals surface area (Å²) < 4.78 is 0. The van der Waals surface area contributed by atoms with Crippen molar-refractivity contribution in [3.05, 3.63) is 17.5 Å². The smallest absolute Gasteiger partial charge is 0.354 e. The first-order valence-corrected chi connectivity index (χ1v) is 6.42. The average Bonchev–Trinajstić information content (AvgIpc) is 3.07. The predicted molar refractivity (Wildman–Crippen MR) is 67.5 cm³/mol. The highest BCUT2D eigenvalue weighted by Gasteiger charge is 2.27. The quantitative estimate of drug-likeness (QED) is 0.593. The number of carboxylic acids is 1. The maximum atomic E-state index is 10.9. The molecule has 0 unspecified atom stereocenters. The van der Waals surface area contributed by atoms with Crippen molar-refractivity contribution in [3.8, 4) is 0 Å². The van der Waals surface area contributed by atoms with Gasteiger partial charge in [0.15, 0.2) is 0 Å². The van der Waals surface area contributed by atoms with Crippen molar-refractivity contribution in [1.29, 1.82) is 0 Å². The Morgan fingerprint density at radius 3 is 3.06 bits per heavy atom. The second kappa shape index (κ2) is 5.97. The highest BCUT2D eigenvalue weighted by atomic mass is 16.4. The Labute approximate surface area is 106 Å².